The maximum atomic E-state index is 14.9. The van der Waals surface area contributed by atoms with E-state index in [1.807, 2.05) is 38.1 Å². The summed E-state index contributed by atoms with van der Waals surface area (Å²) >= 11 is 0. The average Bonchev–Trinajstić information content (AvgIpc) is 3.33. The predicted molar refractivity (Wildman–Crippen MR) is 145 cm³/mol. The van der Waals surface area contributed by atoms with Crippen LogP contribution in [-0.2, 0) is 4.74 Å². The topological polar surface area (TPSA) is 84.0 Å². The van der Waals surface area contributed by atoms with Gasteiger partial charge in [0.15, 0.2) is 17.2 Å². The van der Waals surface area contributed by atoms with Crippen LogP contribution in [0.4, 0.5) is 14.5 Å². The number of pyridine rings is 1. The lowest BCUT2D eigenvalue weighted by Gasteiger charge is -2.31. The third-order valence-electron chi connectivity index (χ3n) is 7.06. The van der Waals surface area contributed by atoms with Crippen molar-refractivity contribution in [2.75, 3.05) is 24.6 Å². The molecule has 200 valence electrons. The van der Waals surface area contributed by atoms with Crippen LogP contribution in [0.5, 0.6) is 0 Å². The Bertz CT molecular complexity index is 1570. The Morgan fingerprint density at radius 3 is 2.46 bits per heavy atom. The summed E-state index contributed by atoms with van der Waals surface area (Å²) in [6.45, 7) is 7.47. The standard InChI is InChI=1S/C30H29F2N5O2/c1-4-39-30(38)25-16-23(20-5-8-22(9-6-20)36-13-11-19(17-33)12-14-36)27-28(18(2)3)35-37(29(27)34-25)26-10-7-21(31)15-24(26)32/h5-10,15-16,18-19H,4,11-14H2,1-3H3. The van der Waals surface area contributed by atoms with E-state index >= 15 is 0 Å². The summed E-state index contributed by atoms with van der Waals surface area (Å²) in [6.07, 6.45) is 1.67. The minimum absolute atomic E-state index is 0.0314. The first kappa shape index (κ1) is 26.3. The summed E-state index contributed by atoms with van der Waals surface area (Å²) in [5, 5.41) is 14.6. The Balaban J connectivity index is 1.67. The number of piperidine rings is 1. The molecule has 1 fully saturated rings. The van der Waals surface area contributed by atoms with E-state index in [0.29, 0.717) is 11.1 Å². The van der Waals surface area contributed by atoms with Crippen LogP contribution >= 0.6 is 0 Å². The van der Waals surface area contributed by atoms with Gasteiger partial charge in [0.1, 0.15) is 11.5 Å². The summed E-state index contributed by atoms with van der Waals surface area (Å²) in [4.78, 5) is 19.6. The third-order valence-corrected chi connectivity index (χ3v) is 7.06. The first-order valence-electron chi connectivity index (χ1n) is 13.1. The maximum Gasteiger partial charge on any atom is 0.357 e. The largest absolute Gasteiger partial charge is 0.461 e. The zero-order valence-electron chi connectivity index (χ0n) is 22.1. The lowest BCUT2D eigenvalue weighted by atomic mass is 9.96. The van der Waals surface area contributed by atoms with Gasteiger partial charge in [-0.2, -0.15) is 10.4 Å². The van der Waals surface area contributed by atoms with Gasteiger partial charge < -0.3 is 9.64 Å². The predicted octanol–water partition coefficient (Wildman–Crippen LogP) is 6.41. The lowest BCUT2D eigenvalue weighted by Crippen LogP contribution is -2.33. The molecule has 5 rings (SSSR count). The van der Waals surface area contributed by atoms with Gasteiger partial charge >= 0.3 is 5.97 Å². The first-order chi connectivity index (χ1) is 18.8. The minimum Gasteiger partial charge on any atom is -0.461 e. The third kappa shape index (κ3) is 5.07. The number of hydrogen-bond acceptors (Lipinski definition) is 6. The Kier molecular flexibility index (Phi) is 7.29. The van der Waals surface area contributed by atoms with E-state index in [0.717, 1.165) is 54.9 Å². The van der Waals surface area contributed by atoms with Crippen LogP contribution in [0.3, 0.4) is 0 Å². The van der Waals surface area contributed by atoms with Gasteiger partial charge in [-0.3, -0.25) is 0 Å². The summed E-state index contributed by atoms with van der Waals surface area (Å²) in [5.74, 6) is -2.04. The summed E-state index contributed by atoms with van der Waals surface area (Å²) in [7, 11) is 0. The van der Waals surface area contributed by atoms with Crippen molar-refractivity contribution in [2.24, 2.45) is 5.92 Å². The van der Waals surface area contributed by atoms with Gasteiger partial charge in [0.05, 0.1) is 23.8 Å². The Morgan fingerprint density at radius 2 is 1.85 bits per heavy atom. The molecule has 0 amide bonds. The van der Waals surface area contributed by atoms with Crippen molar-refractivity contribution in [3.63, 3.8) is 0 Å². The van der Waals surface area contributed by atoms with Crippen LogP contribution in [-0.4, -0.2) is 40.4 Å². The highest BCUT2D eigenvalue weighted by Crippen LogP contribution is 2.37. The van der Waals surface area contributed by atoms with E-state index in [1.54, 1.807) is 13.0 Å². The second-order valence-electron chi connectivity index (χ2n) is 9.96. The molecule has 9 heteroatoms. The summed E-state index contributed by atoms with van der Waals surface area (Å²) in [6, 6.07) is 15.3. The molecule has 0 N–H and O–H groups in total. The van der Waals surface area contributed by atoms with Crippen molar-refractivity contribution in [1.82, 2.24) is 14.8 Å². The molecule has 2 aromatic carbocycles. The molecule has 0 unspecified atom stereocenters. The van der Waals surface area contributed by atoms with Crippen molar-refractivity contribution < 1.29 is 18.3 Å². The van der Waals surface area contributed by atoms with Crippen LogP contribution in [0.15, 0.2) is 48.5 Å². The molecule has 39 heavy (non-hydrogen) atoms. The monoisotopic (exact) mass is 529 g/mol. The summed E-state index contributed by atoms with van der Waals surface area (Å²) in [5.41, 5.74) is 3.67. The number of esters is 1. The zero-order chi connectivity index (χ0) is 27.7. The molecule has 7 nitrogen and oxygen atoms in total. The fraction of sp³-hybridized carbons (Fsp3) is 0.333. The Hall–Kier alpha value is -4.32. The normalized spacial score (nSPS) is 14.1. The number of nitrogens with zero attached hydrogens (tertiary/aromatic N) is 5. The summed E-state index contributed by atoms with van der Waals surface area (Å²) < 4.78 is 35.2. The highest BCUT2D eigenvalue weighted by Gasteiger charge is 2.25. The zero-order valence-corrected chi connectivity index (χ0v) is 22.1. The second-order valence-corrected chi connectivity index (χ2v) is 9.96. The van der Waals surface area contributed by atoms with Gasteiger partial charge in [-0.05, 0) is 67.1 Å². The fourth-order valence-corrected chi connectivity index (χ4v) is 5.02. The number of hydrogen-bond donors (Lipinski definition) is 0. The number of anilines is 1. The molecule has 3 heterocycles. The molecule has 2 aromatic heterocycles. The van der Waals surface area contributed by atoms with Crippen molar-refractivity contribution in [3.05, 3.63) is 71.6 Å². The fourth-order valence-electron chi connectivity index (χ4n) is 5.02. The van der Waals surface area contributed by atoms with Crippen molar-refractivity contribution in [3.8, 4) is 22.9 Å². The van der Waals surface area contributed by atoms with E-state index in [2.05, 4.69) is 16.0 Å². The number of rotatable bonds is 6. The number of fused-ring (bicyclic) bond motifs is 1. The average molecular weight is 530 g/mol. The molecule has 1 aliphatic heterocycles. The van der Waals surface area contributed by atoms with Crippen molar-refractivity contribution in [2.45, 2.75) is 39.5 Å². The molecule has 0 atom stereocenters. The molecule has 0 saturated carbocycles. The van der Waals surface area contributed by atoms with E-state index in [-0.39, 0.29) is 35.5 Å². The van der Waals surface area contributed by atoms with Gasteiger partial charge in [-0.25, -0.2) is 23.2 Å². The van der Waals surface area contributed by atoms with Gasteiger partial charge in [0.25, 0.3) is 0 Å². The smallest absolute Gasteiger partial charge is 0.357 e. The number of nitriles is 1. The number of halogens is 2. The maximum absolute atomic E-state index is 14.9. The van der Waals surface area contributed by atoms with E-state index in [9.17, 15) is 18.8 Å². The van der Waals surface area contributed by atoms with E-state index in [1.165, 1.54) is 10.7 Å². The molecule has 0 aliphatic carbocycles. The molecule has 0 bridgehead atoms. The van der Waals surface area contributed by atoms with Crippen molar-refractivity contribution >= 4 is 22.7 Å². The quantitative estimate of drug-likeness (QED) is 0.269. The highest BCUT2D eigenvalue weighted by atomic mass is 19.1. The van der Waals surface area contributed by atoms with Crippen LogP contribution in [0.25, 0.3) is 27.8 Å². The highest BCUT2D eigenvalue weighted by molar-refractivity contribution is 6.00. The number of carbonyl (C=O) groups excluding carboxylic acids is 1. The van der Waals surface area contributed by atoms with E-state index in [4.69, 9.17) is 9.84 Å². The van der Waals surface area contributed by atoms with Crippen LogP contribution in [0.1, 0.15) is 55.7 Å². The lowest BCUT2D eigenvalue weighted by molar-refractivity contribution is 0.0520. The molecule has 1 aliphatic rings. The molecule has 0 radical (unpaired) electrons. The second kappa shape index (κ2) is 10.8. The minimum atomic E-state index is -0.788. The van der Waals surface area contributed by atoms with Crippen molar-refractivity contribution in [1.29, 1.82) is 5.26 Å². The van der Waals surface area contributed by atoms with Gasteiger partial charge in [-0.15, -0.1) is 0 Å². The molecular formula is C30H29F2N5O2. The molecule has 0 spiro atoms. The molecule has 4 aromatic rings. The van der Waals surface area contributed by atoms with Gasteiger partial charge in [0, 0.05) is 30.8 Å². The number of ether oxygens (including phenoxy) is 1. The van der Waals surface area contributed by atoms with Crippen LogP contribution in [0, 0.1) is 28.9 Å². The van der Waals surface area contributed by atoms with E-state index < -0.39 is 17.6 Å². The Morgan fingerprint density at radius 1 is 1.13 bits per heavy atom. The molecular weight excluding hydrogens is 500 g/mol. The van der Waals surface area contributed by atoms with Gasteiger partial charge in [0.2, 0.25) is 0 Å². The SMILES string of the molecule is CCOC(=O)c1cc(-c2ccc(N3CCC(C#N)CC3)cc2)c2c(C(C)C)nn(-c3ccc(F)cc3F)c2n1. The van der Waals surface area contributed by atoms with Gasteiger partial charge in [-0.1, -0.05) is 26.0 Å². The molecule has 1 saturated heterocycles. The number of aromatic nitrogens is 3. The number of benzene rings is 2. The Labute approximate surface area is 225 Å². The van der Waals surface area contributed by atoms with Crippen LogP contribution < -0.4 is 4.90 Å². The van der Waals surface area contributed by atoms with Crippen LogP contribution in [0.2, 0.25) is 0 Å². The number of carbonyl (C=O) groups is 1. The first-order valence-corrected chi connectivity index (χ1v) is 13.1.